The van der Waals surface area contributed by atoms with Gasteiger partial charge < -0.3 is 15.1 Å². The number of hydrogen-bond donors (Lipinski definition) is 2. The lowest BCUT2D eigenvalue weighted by Gasteiger charge is -2.11. The second-order valence-electron chi connectivity index (χ2n) is 5.90. The number of amides is 2. The molecule has 23 heavy (non-hydrogen) atoms. The molecule has 1 aromatic carbocycles. The highest BCUT2D eigenvalue weighted by Crippen LogP contribution is 2.18. The Morgan fingerprint density at radius 3 is 2.61 bits per heavy atom. The monoisotopic (exact) mass is 314 g/mol. The molecule has 5 nitrogen and oxygen atoms in total. The molecule has 0 fully saturated rings. The van der Waals surface area contributed by atoms with Gasteiger partial charge in [0.2, 0.25) is 0 Å². The first-order valence-electron chi connectivity index (χ1n) is 7.71. The van der Waals surface area contributed by atoms with E-state index in [2.05, 4.69) is 24.5 Å². The number of hydrogen-bond acceptors (Lipinski definition) is 3. The van der Waals surface area contributed by atoms with Crippen LogP contribution in [0.1, 0.15) is 46.7 Å². The number of aryl methyl sites for hydroxylation is 1. The first-order valence-corrected chi connectivity index (χ1v) is 7.71. The van der Waals surface area contributed by atoms with Crippen molar-refractivity contribution in [3.8, 4) is 0 Å². The number of anilines is 1. The zero-order chi connectivity index (χ0) is 16.8. The van der Waals surface area contributed by atoms with E-state index in [4.69, 9.17) is 4.42 Å². The van der Waals surface area contributed by atoms with E-state index >= 15 is 0 Å². The molecular formula is C18H22N2O3. The molecule has 0 aliphatic carbocycles. The van der Waals surface area contributed by atoms with Crippen LogP contribution in [0.25, 0.3) is 0 Å². The molecule has 1 heterocycles. The summed E-state index contributed by atoms with van der Waals surface area (Å²) in [5.74, 6) is 0.294. The van der Waals surface area contributed by atoms with Crippen LogP contribution >= 0.6 is 0 Å². The fourth-order valence-corrected chi connectivity index (χ4v) is 2.07. The van der Waals surface area contributed by atoms with E-state index in [-0.39, 0.29) is 17.6 Å². The quantitative estimate of drug-likeness (QED) is 0.855. The molecule has 1 aromatic heterocycles. The van der Waals surface area contributed by atoms with Crippen LogP contribution < -0.4 is 10.6 Å². The van der Waals surface area contributed by atoms with Crippen LogP contribution in [-0.2, 0) is 0 Å². The lowest BCUT2D eigenvalue weighted by atomic mass is 10.1. The second-order valence-corrected chi connectivity index (χ2v) is 5.90. The molecule has 0 aliphatic heterocycles. The number of rotatable bonds is 6. The summed E-state index contributed by atoms with van der Waals surface area (Å²) in [4.78, 5) is 24.2. The van der Waals surface area contributed by atoms with Crippen LogP contribution in [0.3, 0.4) is 0 Å². The number of nitrogens with one attached hydrogen (secondary N) is 2. The first-order chi connectivity index (χ1) is 11.0. The summed E-state index contributed by atoms with van der Waals surface area (Å²) >= 11 is 0. The van der Waals surface area contributed by atoms with Crippen molar-refractivity contribution in [3.05, 3.63) is 53.5 Å². The largest absolute Gasteiger partial charge is 0.459 e. The molecule has 0 bridgehead atoms. The molecule has 0 spiro atoms. The molecule has 0 radical (unpaired) electrons. The molecule has 0 atom stereocenters. The van der Waals surface area contributed by atoms with Crippen molar-refractivity contribution in [2.24, 2.45) is 5.92 Å². The van der Waals surface area contributed by atoms with Crippen molar-refractivity contribution < 1.29 is 14.0 Å². The van der Waals surface area contributed by atoms with Crippen LogP contribution in [0.2, 0.25) is 0 Å². The van der Waals surface area contributed by atoms with Crippen molar-refractivity contribution in [1.29, 1.82) is 0 Å². The van der Waals surface area contributed by atoms with Crippen LogP contribution in [-0.4, -0.2) is 18.4 Å². The Labute approximate surface area is 136 Å². The summed E-state index contributed by atoms with van der Waals surface area (Å²) in [5.41, 5.74) is 2.00. The van der Waals surface area contributed by atoms with E-state index < -0.39 is 0 Å². The summed E-state index contributed by atoms with van der Waals surface area (Å²) in [7, 11) is 0. The van der Waals surface area contributed by atoms with Gasteiger partial charge in [-0.2, -0.15) is 0 Å². The molecule has 122 valence electrons. The zero-order valence-corrected chi connectivity index (χ0v) is 13.7. The molecule has 2 rings (SSSR count). The third-order valence-electron chi connectivity index (χ3n) is 3.50. The molecule has 2 aromatic rings. The van der Waals surface area contributed by atoms with Crippen molar-refractivity contribution in [1.82, 2.24) is 5.32 Å². The average Bonchev–Trinajstić information content (AvgIpc) is 3.03. The van der Waals surface area contributed by atoms with Crippen LogP contribution in [0, 0.1) is 12.8 Å². The van der Waals surface area contributed by atoms with Gasteiger partial charge in [0.15, 0.2) is 5.76 Å². The SMILES string of the molecule is Cc1ccc(C(=O)NCCC(C)C)cc1NC(=O)c1ccco1. The molecule has 2 N–H and O–H groups in total. The Kier molecular flexibility index (Phi) is 5.57. The highest BCUT2D eigenvalue weighted by molar-refractivity contribution is 6.03. The smallest absolute Gasteiger partial charge is 0.291 e. The van der Waals surface area contributed by atoms with Crippen LogP contribution in [0.15, 0.2) is 41.0 Å². The number of furan rings is 1. The molecule has 0 aliphatic rings. The number of benzene rings is 1. The van der Waals surface area contributed by atoms with Gasteiger partial charge >= 0.3 is 0 Å². The molecule has 2 amide bonds. The second kappa shape index (κ2) is 7.63. The van der Waals surface area contributed by atoms with Crippen molar-refractivity contribution in [3.63, 3.8) is 0 Å². The van der Waals surface area contributed by atoms with E-state index in [1.54, 1.807) is 24.3 Å². The maximum absolute atomic E-state index is 12.2. The molecule has 0 saturated carbocycles. The molecular weight excluding hydrogens is 292 g/mol. The van der Waals surface area contributed by atoms with Crippen LogP contribution in [0.5, 0.6) is 0 Å². The standard InChI is InChI=1S/C18H22N2O3/c1-12(2)8-9-19-17(21)14-7-6-13(3)15(11-14)20-18(22)16-5-4-10-23-16/h4-7,10-12H,8-9H2,1-3H3,(H,19,21)(H,20,22). The summed E-state index contributed by atoms with van der Waals surface area (Å²) in [6, 6.07) is 8.49. The predicted octanol–water partition coefficient (Wildman–Crippen LogP) is 3.62. The average molecular weight is 314 g/mol. The maximum Gasteiger partial charge on any atom is 0.291 e. The highest BCUT2D eigenvalue weighted by Gasteiger charge is 2.13. The molecule has 0 saturated heterocycles. The summed E-state index contributed by atoms with van der Waals surface area (Å²) in [6.07, 6.45) is 2.38. The van der Waals surface area contributed by atoms with Gasteiger partial charge in [0.05, 0.1) is 6.26 Å². The van der Waals surface area contributed by atoms with E-state index in [1.807, 2.05) is 13.0 Å². The Bertz CT molecular complexity index is 676. The highest BCUT2D eigenvalue weighted by atomic mass is 16.3. The van der Waals surface area contributed by atoms with Gasteiger partial charge in [-0.25, -0.2) is 0 Å². The molecule has 5 heteroatoms. The zero-order valence-electron chi connectivity index (χ0n) is 13.7. The fraction of sp³-hybridized carbons (Fsp3) is 0.333. The van der Waals surface area contributed by atoms with Gasteiger partial charge in [-0.1, -0.05) is 19.9 Å². The van der Waals surface area contributed by atoms with E-state index in [9.17, 15) is 9.59 Å². The topological polar surface area (TPSA) is 71.3 Å². The Hall–Kier alpha value is -2.56. The Morgan fingerprint density at radius 1 is 1.17 bits per heavy atom. The van der Waals surface area contributed by atoms with E-state index in [0.29, 0.717) is 23.7 Å². The summed E-state index contributed by atoms with van der Waals surface area (Å²) in [6.45, 7) is 6.73. The van der Waals surface area contributed by atoms with Gasteiger partial charge in [0.25, 0.3) is 11.8 Å². The predicted molar refractivity (Wildman–Crippen MR) is 89.6 cm³/mol. The minimum atomic E-state index is -0.338. The third-order valence-corrected chi connectivity index (χ3v) is 3.50. The number of carbonyl (C=O) groups is 2. The third kappa shape index (κ3) is 4.71. The van der Waals surface area contributed by atoms with E-state index in [1.165, 1.54) is 6.26 Å². The minimum absolute atomic E-state index is 0.140. The lowest BCUT2D eigenvalue weighted by Crippen LogP contribution is -2.25. The van der Waals surface area contributed by atoms with Gasteiger partial charge in [0, 0.05) is 17.8 Å². The van der Waals surface area contributed by atoms with E-state index in [0.717, 1.165) is 12.0 Å². The fourth-order valence-electron chi connectivity index (χ4n) is 2.07. The first kappa shape index (κ1) is 16.8. The minimum Gasteiger partial charge on any atom is -0.459 e. The number of carbonyl (C=O) groups excluding carboxylic acids is 2. The van der Waals surface area contributed by atoms with Crippen molar-refractivity contribution >= 4 is 17.5 Å². The molecule has 0 unspecified atom stereocenters. The normalized spacial score (nSPS) is 10.6. The van der Waals surface area contributed by atoms with Crippen LogP contribution in [0.4, 0.5) is 5.69 Å². The Morgan fingerprint density at radius 2 is 1.96 bits per heavy atom. The van der Waals surface area contributed by atoms with Crippen molar-refractivity contribution in [2.45, 2.75) is 27.2 Å². The summed E-state index contributed by atoms with van der Waals surface area (Å²) in [5, 5.41) is 5.66. The van der Waals surface area contributed by atoms with Crippen molar-refractivity contribution in [2.75, 3.05) is 11.9 Å². The van der Waals surface area contributed by atoms with Gasteiger partial charge in [-0.15, -0.1) is 0 Å². The Balaban J connectivity index is 2.06. The lowest BCUT2D eigenvalue weighted by molar-refractivity contribution is 0.0950. The maximum atomic E-state index is 12.2. The van der Waals surface area contributed by atoms with Gasteiger partial charge in [-0.05, 0) is 49.1 Å². The van der Waals surface area contributed by atoms with Gasteiger partial charge in [0.1, 0.15) is 0 Å². The van der Waals surface area contributed by atoms with Gasteiger partial charge in [-0.3, -0.25) is 9.59 Å². The summed E-state index contributed by atoms with van der Waals surface area (Å²) < 4.78 is 5.07.